The van der Waals surface area contributed by atoms with Gasteiger partial charge in [0, 0.05) is 12.5 Å². The number of rotatable bonds is 6. The van der Waals surface area contributed by atoms with Crippen molar-refractivity contribution in [2.24, 2.45) is 0 Å². The lowest BCUT2D eigenvalue weighted by molar-refractivity contribution is 0.250. The van der Waals surface area contributed by atoms with E-state index >= 15 is 0 Å². The second-order valence-electron chi connectivity index (χ2n) is 4.54. The molecule has 1 unspecified atom stereocenters. The molecule has 0 radical (unpaired) electrons. The Morgan fingerprint density at radius 3 is 1.90 bits per heavy atom. The number of nitriles is 1. The van der Waals surface area contributed by atoms with Gasteiger partial charge >= 0.3 is 0 Å². The Morgan fingerprint density at radius 1 is 1.00 bits per heavy atom. The summed E-state index contributed by atoms with van der Waals surface area (Å²) in [5.74, 6) is -11.8. The molecule has 0 aliphatic heterocycles. The number of nitrogens with one attached hydrogen (secondary N) is 1. The van der Waals surface area contributed by atoms with Gasteiger partial charge in [0.1, 0.15) is 0 Å². The maximum atomic E-state index is 13.3. The molecule has 0 aliphatic carbocycles. The third-order valence-electron chi connectivity index (χ3n) is 2.51. The van der Waals surface area contributed by atoms with Gasteiger partial charge in [0.2, 0.25) is 29.1 Å². The van der Waals surface area contributed by atoms with Gasteiger partial charge in [-0.05, 0) is 13.8 Å². The summed E-state index contributed by atoms with van der Waals surface area (Å²) >= 11 is 0. The summed E-state index contributed by atoms with van der Waals surface area (Å²) in [6.45, 7) is 3.20. The van der Waals surface area contributed by atoms with Crippen LogP contribution in [0.1, 0.15) is 20.3 Å². The molecule has 3 nitrogen and oxygen atoms in total. The van der Waals surface area contributed by atoms with Crippen molar-refractivity contribution in [3.05, 3.63) is 29.1 Å². The molecule has 0 saturated heterocycles. The van der Waals surface area contributed by atoms with E-state index in [1.165, 1.54) is 0 Å². The molecule has 8 heteroatoms. The van der Waals surface area contributed by atoms with E-state index in [9.17, 15) is 22.0 Å². The lowest BCUT2D eigenvalue weighted by Crippen LogP contribution is -2.34. The maximum absolute atomic E-state index is 13.3. The Kier molecular flexibility index (Phi) is 5.90. The van der Waals surface area contributed by atoms with Crippen molar-refractivity contribution >= 4 is 0 Å². The first-order valence-corrected chi connectivity index (χ1v) is 6.09. The van der Waals surface area contributed by atoms with Crippen LogP contribution in [0.25, 0.3) is 0 Å². The van der Waals surface area contributed by atoms with E-state index in [0.717, 1.165) is 0 Å². The standard InChI is InChI=1S/C13H13F5N2O/c1-6(2)20-7(5-19)3-4-21-13-11(17)9(15)8(14)10(16)12(13)18/h6-7,20H,3-4H2,1-2H3. The van der Waals surface area contributed by atoms with Crippen LogP contribution in [0.3, 0.4) is 0 Å². The first kappa shape index (κ1) is 17.2. The van der Waals surface area contributed by atoms with Gasteiger partial charge in [0.25, 0.3) is 0 Å². The van der Waals surface area contributed by atoms with Gasteiger partial charge in [-0.2, -0.15) is 14.0 Å². The molecule has 0 heterocycles. The van der Waals surface area contributed by atoms with Gasteiger partial charge in [-0.3, -0.25) is 5.32 Å². The van der Waals surface area contributed by atoms with Crippen LogP contribution in [0.15, 0.2) is 0 Å². The van der Waals surface area contributed by atoms with Gasteiger partial charge in [-0.15, -0.1) is 0 Å². The van der Waals surface area contributed by atoms with Crippen molar-refractivity contribution in [3.8, 4) is 11.8 Å². The fraction of sp³-hybridized carbons (Fsp3) is 0.462. The molecule has 21 heavy (non-hydrogen) atoms. The molecule has 0 fully saturated rings. The van der Waals surface area contributed by atoms with Crippen molar-refractivity contribution in [2.75, 3.05) is 6.61 Å². The summed E-state index contributed by atoms with van der Waals surface area (Å²) < 4.78 is 69.8. The van der Waals surface area contributed by atoms with E-state index in [0.29, 0.717) is 0 Å². The van der Waals surface area contributed by atoms with E-state index in [1.54, 1.807) is 13.8 Å². The quantitative estimate of drug-likeness (QED) is 0.499. The molecule has 116 valence electrons. The van der Waals surface area contributed by atoms with Gasteiger partial charge in [-0.25, -0.2) is 13.2 Å². The lowest BCUT2D eigenvalue weighted by Gasteiger charge is -2.15. The van der Waals surface area contributed by atoms with Crippen LogP contribution in [0.4, 0.5) is 22.0 Å². The predicted molar refractivity (Wildman–Crippen MR) is 64.0 cm³/mol. The molecule has 0 saturated carbocycles. The topological polar surface area (TPSA) is 45.0 Å². The van der Waals surface area contributed by atoms with E-state index in [4.69, 9.17) is 5.26 Å². The minimum absolute atomic E-state index is 0.0103. The fourth-order valence-electron chi connectivity index (χ4n) is 1.58. The number of ether oxygens (including phenoxy) is 1. The maximum Gasteiger partial charge on any atom is 0.206 e. The largest absolute Gasteiger partial charge is 0.487 e. The van der Waals surface area contributed by atoms with Gasteiger partial charge in [0.05, 0.1) is 18.7 Å². The SMILES string of the molecule is CC(C)NC(C#N)CCOc1c(F)c(F)c(F)c(F)c1F. The van der Waals surface area contributed by atoms with Crippen LogP contribution in [0, 0.1) is 40.4 Å². The highest BCUT2D eigenvalue weighted by molar-refractivity contribution is 5.29. The summed E-state index contributed by atoms with van der Waals surface area (Å²) in [5, 5.41) is 11.7. The molecule has 0 spiro atoms. The number of hydrogen-bond donors (Lipinski definition) is 1. The Balaban J connectivity index is 2.79. The van der Waals surface area contributed by atoms with Crippen LogP contribution in [-0.2, 0) is 0 Å². The van der Waals surface area contributed by atoms with E-state index in [1.807, 2.05) is 6.07 Å². The van der Waals surface area contributed by atoms with E-state index < -0.39 is 40.9 Å². The molecular formula is C13H13F5N2O. The van der Waals surface area contributed by atoms with Gasteiger partial charge in [0.15, 0.2) is 5.75 Å². The molecule has 1 aromatic carbocycles. The average molecular weight is 308 g/mol. The van der Waals surface area contributed by atoms with Crippen LogP contribution in [0.2, 0.25) is 0 Å². The lowest BCUT2D eigenvalue weighted by atomic mass is 10.2. The Labute approximate surface area is 118 Å². The normalized spacial score (nSPS) is 12.3. The summed E-state index contributed by atoms with van der Waals surface area (Å²) in [5.41, 5.74) is 0. The van der Waals surface area contributed by atoms with Crippen molar-refractivity contribution in [3.63, 3.8) is 0 Å². The molecule has 0 aliphatic rings. The Hall–Kier alpha value is -1.88. The van der Waals surface area contributed by atoms with Crippen LogP contribution in [-0.4, -0.2) is 18.7 Å². The zero-order chi connectivity index (χ0) is 16.2. The zero-order valence-electron chi connectivity index (χ0n) is 11.3. The molecule has 1 N–H and O–H groups in total. The number of halogens is 5. The minimum atomic E-state index is -2.24. The summed E-state index contributed by atoms with van der Waals surface area (Å²) in [6.07, 6.45) is 0.0220. The third-order valence-corrected chi connectivity index (χ3v) is 2.51. The monoisotopic (exact) mass is 308 g/mol. The molecule has 1 atom stereocenters. The highest BCUT2D eigenvalue weighted by Gasteiger charge is 2.27. The van der Waals surface area contributed by atoms with Crippen molar-refractivity contribution in [1.82, 2.24) is 5.32 Å². The number of hydrogen-bond acceptors (Lipinski definition) is 3. The van der Waals surface area contributed by atoms with Crippen LogP contribution in [0.5, 0.6) is 5.75 Å². The van der Waals surface area contributed by atoms with Crippen molar-refractivity contribution in [2.45, 2.75) is 32.4 Å². The molecule has 1 rings (SSSR count). The van der Waals surface area contributed by atoms with Crippen LogP contribution >= 0.6 is 0 Å². The summed E-state index contributed by atoms with van der Waals surface area (Å²) in [6, 6.07) is 1.22. The summed E-state index contributed by atoms with van der Waals surface area (Å²) in [4.78, 5) is 0. The average Bonchev–Trinajstić information content (AvgIpc) is 2.45. The third kappa shape index (κ3) is 4.04. The van der Waals surface area contributed by atoms with E-state index in [-0.39, 0.29) is 19.1 Å². The Bertz CT molecular complexity index is 527. The highest BCUT2D eigenvalue weighted by atomic mass is 19.2. The van der Waals surface area contributed by atoms with Crippen LogP contribution < -0.4 is 10.1 Å². The smallest absolute Gasteiger partial charge is 0.206 e. The Morgan fingerprint density at radius 2 is 1.48 bits per heavy atom. The van der Waals surface area contributed by atoms with Crippen molar-refractivity contribution < 1.29 is 26.7 Å². The molecular weight excluding hydrogens is 295 g/mol. The van der Waals surface area contributed by atoms with Gasteiger partial charge < -0.3 is 4.74 Å². The van der Waals surface area contributed by atoms with Gasteiger partial charge in [-0.1, -0.05) is 0 Å². The second-order valence-corrected chi connectivity index (χ2v) is 4.54. The molecule has 0 bridgehead atoms. The fourth-order valence-corrected chi connectivity index (χ4v) is 1.58. The zero-order valence-corrected chi connectivity index (χ0v) is 11.3. The second kappa shape index (κ2) is 7.22. The highest BCUT2D eigenvalue weighted by Crippen LogP contribution is 2.29. The van der Waals surface area contributed by atoms with Crippen molar-refractivity contribution in [1.29, 1.82) is 5.26 Å². The first-order valence-electron chi connectivity index (χ1n) is 6.09. The molecule has 0 aromatic heterocycles. The first-order chi connectivity index (χ1) is 9.79. The molecule has 0 amide bonds. The van der Waals surface area contributed by atoms with E-state index in [2.05, 4.69) is 10.1 Å². The predicted octanol–water partition coefficient (Wildman–Crippen LogP) is 3.04. The minimum Gasteiger partial charge on any atom is -0.487 e. The number of benzene rings is 1. The number of nitrogens with zero attached hydrogens (tertiary/aromatic N) is 1. The summed E-state index contributed by atoms with van der Waals surface area (Å²) in [7, 11) is 0. The molecule has 1 aromatic rings.